The van der Waals surface area contributed by atoms with Crippen LogP contribution in [0.3, 0.4) is 0 Å². The number of nitrogens with two attached hydrogens (primary N) is 1. The van der Waals surface area contributed by atoms with Crippen LogP contribution in [0.4, 0.5) is 0 Å². The van der Waals surface area contributed by atoms with Crippen LogP contribution in [0.15, 0.2) is 0 Å². The standard InChI is InChI=1S/C15H30N2/c1-2-3-4-5-6-7-8-11-17-12-15(16,13-17)14-9-10-14/h14H,2-13,16H2,1H3. The first-order valence-electron chi connectivity index (χ1n) is 7.76. The number of likely N-dealkylation sites (tertiary alicyclic amines) is 1. The van der Waals surface area contributed by atoms with Crippen molar-refractivity contribution in [2.24, 2.45) is 11.7 Å². The number of rotatable bonds is 9. The molecule has 2 nitrogen and oxygen atoms in total. The minimum atomic E-state index is 0.223. The third-order valence-electron chi connectivity index (χ3n) is 4.50. The molecule has 2 aliphatic rings. The highest BCUT2D eigenvalue weighted by atomic mass is 15.3. The van der Waals surface area contributed by atoms with E-state index in [0.717, 1.165) is 5.92 Å². The van der Waals surface area contributed by atoms with Crippen LogP contribution in [0.5, 0.6) is 0 Å². The number of nitrogens with zero attached hydrogens (tertiary/aromatic N) is 1. The fourth-order valence-corrected chi connectivity index (χ4v) is 3.15. The zero-order valence-corrected chi connectivity index (χ0v) is 11.6. The Kier molecular flexibility index (Phi) is 4.87. The van der Waals surface area contributed by atoms with E-state index in [0.29, 0.717) is 0 Å². The largest absolute Gasteiger partial charge is 0.323 e. The third-order valence-corrected chi connectivity index (χ3v) is 4.50. The van der Waals surface area contributed by atoms with Crippen molar-refractivity contribution >= 4 is 0 Å². The molecule has 0 aromatic heterocycles. The summed E-state index contributed by atoms with van der Waals surface area (Å²) in [7, 11) is 0. The fraction of sp³-hybridized carbons (Fsp3) is 1.00. The molecule has 0 atom stereocenters. The zero-order valence-electron chi connectivity index (χ0n) is 11.6. The van der Waals surface area contributed by atoms with Crippen LogP contribution in [-0.2, 0) is 0 Å². The molecule has 2 heteroatoms. The van der Waals surface area contributed by atoms with Gasteiger partial charge in [-0.25, -0.2) is 0 Å². The van der Waals surface area contributed by atoms with Crippen LogP contribution in [0, 0.1) is 5.92 Å². The normalized spacial score (nSPS) is 23.6. The molecule has 2 rings (SSSR count). The Balaban J connectivity index is 1.40. The van der Waals surface area contributed by atoms with Crippen LogP contribution in [0.2, 0.25) is 0 Å². The first-order valence-corrected chi connectivity index (χ1v) is 7.76. The Morgan fingerprint density at radius 1 is 1.00 bits per heavy atom. The second kappa shape index (κ2) is 6.19. The monoisotopic (exact) mass is 238 g/mol. The quantitative estimate of drug-likeness (QED) is 0.625. The van der Waals surface area contributed by atoms with E-state index in [1.54, 1.807) is 0 Å². The molecule has 0 unspecified atom stereocenters. The van der Waals surface area contributed by atoms with Crippen molar-refractivity contribution in [1.29, 1.82) is 0 Å². The van der Waals surface area contributed by atoms with E-state index < -0.39 is 0 Å². The summed E-state index contributed by atoms with van der Waals surface area (Å²) in [6.07, 6.45) is 12.7. The van der Waals surface area contributed by atoms with E-state index in [9.17, 15) is 0 Å². The first kappa shape index (κ1) is 13.4. The maximum absolute atomic E-state index is 6.34. The number of unbranched alkanes of at least 4 members (excludes halogenated alkanes) is 6. The SMILES string of the molecule is CCCCCCCCCN1CC(N)(C2CC2)C1. The van der Waals surface area contributed by atoms with Crippen LogP contribution in [0.25, 0.3) is 0 Å². The third kappa shape index (κ3) is 3.96. The molecule has 1 saturated heterocycles. The smallest absolute Gasteiger partial charge is 0.0440 e. The number of hydrogen-bond donors (Lipinski definition) is 1. The highest BCUT2D eigenvalue weighted by Gasteiger charge is 2.49. The summed E-state index contributed by atoms with van der Waals surface area (Å²) >= 11 is 0. The van der Waals surface area contributed by atoms with Crippen LogP contribution in [-0.4, -0.2) is 30.1 Å². The molecule has 1 aliphatic heterocycles. The topological polar surface area (TPSA) is 29.3 Å². The van der Waals surface area contributed by atoms with E-state index >= 15 is 0 Å². The van der Waals surface area contributed by atoms with Crippen molar-refractivity contribution < 1.29 is 0 Å². The van der Waals surface area contributed by atoms with Crippen molar-refractivity contribution in [3.05, 3.63) is 0 Å². The van der Waals surface area contributed by atoms with Crippen molar-refractivity contribution in [2.75, 3.05) is 19.6 Å². The van der Waals surface area contributed by atoms with Gasteiger partial charge in [-0.05, 0) is 31.7 Å². The Labute approximate surface area is 107 Å². The lowest BCUT2D eigenvalue weighted by Gasteiger charge is -2.48. The molecule has 1 saturated carbocycles. The van der Waals surface area contributed by atoms with Crippen LogP contribution in [0.1, 0.15) is 64.7 Å². The highest BCUT2D eigenvalue weighted by Crippen LogP contribution is 2.42. The van der Waals surface area contributed by atoms with Gasteiger partial charge in [0.2, 0.25) is 0 Å². The minimum Gasteiger partial charge on any atom is -0.323 e. The Morgan fingerprint density at radius 3 is 2.18 bits per heavy atom. The summed E-state index contributed by atoms with van der Waals surface area (Å²) in [5, 5.41) is 0. The zero-order chi connectivity index (χ0) is 12.1. The van der Waals surface area contributed by atoms with Crippen molar-refractivity contribution in [3.8, 4) is 0 Å². The highest BCUT2D eigenvalue weighted by molar-refractivity contribution is 5.08. The predicted molar refractivity (Wildman–Crippen MR) is 74.1 cm³/mol. The average Bonchev–Trinajstić information content (AvgIpc) is 3.09. The predicted octanol–water partition coefficient (Wildman–Crippen LogP) is 3.16. The van der Waals surface area contributed by atoms with E-state index in [4.69, 9.17) is 5.73 Å². The molecular weight excluding hydrogens is 208 g/mol. The molecule has 100 valence electrons. The fourth-order valence-electron chi connectivity index (χ4n) is 3.15. The molecule has 0 amide bonds. The van der Waals surface area contributed by atoms with Crippen molar-refractivity contribution in [3.63, 3.8) is 0 Å². The second-order valence-electron chi connectivity index (χ2n) is 6.34. The molecule has 17 heavy (non-hydrogen) atoms. The van der Waals surface area contributed by atoms with Gasteiger partial charge >= 0.3 is 0 Å². The van der Waals surface area contributed by atoms with Gasteiger partial charge in [0.05, 0.1) is 0 Å². The average molecular weight is 238 g/mol. The maximum atomic E-state index is 6.34. The molecule has 0 radical (unpaired) electrons. The van der Waals surface area contributed by atoms with Crippen LogP contribution < -0.4 is 5.73 Å². The molecule has 1 heterocycles. The lowest BCUT2D eigenvalue weighted by Crippen LogP contribution is -2.68. The maximum Gasteiger partial charge on any atom is 0.0440 e. The molecule has 0 aromatic rings. The lowest BCUT2D eigenvalue weighted by molar-refractivity contribution is 0.0533. The summed E-state index contributed by atoms with van der Waals surface area (Å²) in [6, 6.07) is 0. The summed E-state index contributed by atoms with van der Waals surface area (Å²) in [5.41, 5.74) is 6.57. The molecular formula is C15H30N2. The van der Waals surface area contributed by atoms with Gasteiger partial charge in [-0.3, -0.25) is 4.90 Å². The summed E-state index contributed by atoms with van der Waals surface area (Å²) < 4.78 is 0. The first-order chi connectivity index (χ1) is 8.24. The Hall–Kier alpha value is -0.0800. The van der Waals surface area contributed by atoms with Gasteiger partial charge in [-0.2, -0.15) is 0 Å². The van der Waals surface area contributed by atoms with E-state index in [2.05, 4.69) is 11.8 Å². The van der Waals surface area contributed by atoms with Crippen LogP contribution >= 0.6 is 0 Å². The van der Waals surface area contributed by atoms with Gasteiger partial charge in [0, 0.05) is 18.6 Å². The van der Waals surface area contributed by atoms with Crippen molar-refractivity contribution in [2.45, 2.75) is 70.3 Å². The lowest BCUT2D eigenvalue weighted by atomic mass is 9.85. The van der Waals surface area contributed by atoms with Gasteiger partial charge in [0.15, 0.2) is 0 Å². The van der Waals surface area contributed by atoms with E-state index in [-0.39, 0.29) is 5.54 Å². The molecule has 0 bridgehead atoms. The minimum absolute atomic E-state index is 0.223. The van der Waals surface area contributed by atoms with Gasteiger partial charge in [0.25, 0.3) is 0 Å². The van der Waals surface area contributed by atoms with E-state index in [1.807, 2.05) is 0 Å². The Bertz CT molecular complexity index is 217. The molecule has 1 aliphatic carbocycles. The van der Waals surface area contributed by atoms with Gasteiger partial charge in [-0.15, -0.1) is 0 Å². The van der Waals surface area contributed by atoms with E-state index in [1.165, 1.54) is 77.4 Å². The molecule has 0 aromatic carbocycles. The molecule has 2 fully saturated rings. The Morgan fingerprint density at radius 2 is 1.59 bits per heavy atom. The van der Waals surface area contributed by atoms with Gasteiger partial charge in [-0.1, -0.05) is 45.4 Å². The molecule has 2 N–H and O–H groups in total. The summed E-state index contributed by atoms with van der Waals surface area (Å²) in [5.74, 6) is 0.868. The van der Waals surface area contributed by atoms with Gasteiger partial charge in [0.1, 0.15) is 0 Å². The second-order valence-corrected chi connectivity index (χ2v) is 6.34. The summed E-state index contributed by atoms with van der Waals surface area (Å²) in [6.45, 7) is 5.92. The van der Waals surface area contributed by atoms with Gasteiger partial charge < -0.3 is 5.73 Å². The number of hydrogen-bond acceptors (Lipinski definition) is 2. The molecule has 0 spiro atoms. The van der Waals surface area contributed by atoms with Crippen molar-refractivity contribution in [1.82, 2.24) is 4.90 Å². The summed E-state index contributed by atoms with van der Waals surface area (Å²) in [4.78, 5) is 2.56.